The Bertz CT molecular complexity index is 3880. The number of aliphatic hydroxyl groups is 1. The molecule has 0 aliphatic carbocycles. The lowest BCUT2D eigenvalue weighted by atomic mass is 9.88. The number of pyridine rings is 1. The van der Waals surface area contributed by atoms with Crippen molar-refractivity contribution in [1.82, 2.24) is 25.0 Å². The molecule has 5 amide bonds. The summed E-state index contributed by atoms with van der Waals surface area (Å²) in [5.74, 6) is -1.02. The highest BCUT2D eigenvalue weighted by molar-refractivity contribution is 6.06. The Balaban J connectivity index is 0.728. The van der Waals surface area contributed by atoms with Gasteiger partial charge in [0.1, 0.15) is 31.4 Å². The van der Waals surface area contributed by atoms with Crippen LogP contribution in [0.5, 0.6) is 17.2 Å². The van der Waals surface area contributed by atoms with Crippen molar-refractivity contribution in [2.75, 3.05) is 18.6 Å². The number of aliphatic imine (C=N–C) groups is 1. The molecule has 91 heavy (non-hydrogen) atoms. The van der Waals surface area contributed by atoms with E-state index in [-0.39, 0.29) is 110 Å². The standard InChI is InChI=1S/C72H75N7O12/c1-43(2)57(31-56(80)18-8-7-13-25-76-45(4)19-24-67(76)82)68(83)75-46(5)63(81)28-47-20-22-48(23-21-47)40-91-72(87)79-61-34-66(65(88-6)32-59(61)70(85)78-39-54-17-12-10-15-52(54)30-62(78)71(79)86)90-42-50-27-49(35-73-36-50)41-89-64-33-60-58(26-44(64)3)69(84)77-38-53-16-11-9-14-51(53)29-55(77)37-74-60/h9-12,14-17,19-24,26-27,32-37,43,46,55,57,62,71,86H,4,7-8,13,18,25,28-31,38-42H2,1-3,5-6H3,(H,75,83)/t46-,55-,57-,62-,71?/m0/s1. The van der Waals surface area contributed by atoms with Crippen LogP contribution in [0.25, 0.3) is 0 Å². The number of Topliss-reactive ketones (excluding diaryl/α,β-unsaturated/α-hetero) is 2. The lowest BCUT2D eigenvalue weighted by molar-refractivity contribution is -0.133. The van der Waals surface area contributed by atoms with Crippen molar-refractivity contribution in [3.63, 3.8) is 0 Å². The quantitative estimate of drug-likeness (QED) is 0.0570. The molecule has 2 N–H and O–H groups in total. The van der Waals surface area contributed by atoms with Gasteiger partial charge in [-0.1, -0.05) is 99.6 Å². The minimum absolute atomic E-state index is 0.00217. The number of carbonyl (C=O) groups excluding carboxylic acids is 7. The monoisotopic (exact) mass is 1230 g/mol. The van der Waals surface area contributed by atoms with E-state index in [1.807, 2.05) is 80.4 Å². The second-order valence-electron chi connectivity index (χ2n) is 24.4. The summed E-state index contributed by atoms with van der Waals surface area (Å²) >= 11 is 0. The largest absolute Gasteiger partial charge is 0.493 e. The van der Waals surface area contributed by atoms with Gasteiger partial charge < -0.3 is 44.1 Å². The summed E-state index contributed by atoms with van der Waals surface area (Å²) in [6.07, 6.45) is 9.32. The Kier molecular flexibility index (Phi) is 19.0. The van der Waals surface area contributed by atoms with Crippen LogP contribution in [-0.2, 0) is 76.1 Å². The molecule has 0 fully saturated rings. The Morgan fingerprint density at radius 3 is 2.05 bits per heavy atom. The Labute approximate surface area is 529 Å². The number of amides is 5. The lowest BCUT2D eigenvalue weighted by Crippen LogP contribution is -2.55. The summed E-state index contributed by atoms with van der Waals surface area (Å²) in [7, 11) is 1.45. The molecule has 5 atom stereocenters. The first-order valence-corrected chi connectivity index (χ1v) is 31.0. The van der Waals surface area contributed by atoms with Gasteiger partial charge in [0, 0.05) is 98.5 Å². The summed E-state index contributed by atoms with van der Waals surface area (Å²) in [4.78, 5) is 111. The zero-order valence-corrected chi connectivity index (χ0v) is 51.9. The number of unbranched alkanes of at least 4 members (excludes halogenated alkanes) is 2. The predicted octanol–water partition coefficient (Wildman–Crippen LogP) is 10.2. The number of hydrogen-bond donors (Lipinski definition) is 2. The van der Waals surface area contributed by atoms with Crippen molar-refractivity contribution in [2.24, 2.45) is 16.8 Å². The van der Waals surface area contributed by atoms with Crippen molar-refractivity contribution >= 4 is 58.9 Å². The summed E-state index contributed by atoms with van der Waals surface area (Å²) < 4.78 is 24.6. The number of ether oxygens (including phenoxy) is 4. The van der Waals surface area contributed by atoms with Crippen LogP contribution in [0.2, 0.25) is 0 Å². The van der Waals surface area contributed by atoms with Crippen LogP contribution in [0.1, 0.15) is 124 Å². The third kappa shape index (κ3) is 14.0. The molecule has 0 saturated carbocycles. The second-order valence-corrected chi connectivity index (χ2v) is 24.4. The van der Waals surface area contributed by atoms with Crippen LogP contribution in [0.4, 0.5) is 16.2 Å². The van der Waals surface area contributed by atoms with E-state index in [1.54, 1.807) is 65.5 Å². The number of fused-ring (bicyclic) bond motifs is 6. The number of nitrogens with one attached hydrogen (secondary N) is 1. The molecule has 19 heteroatoms. The Hall–Kier alpha value is -9.75. The molecule has 5 aliphatic rings. The number of aromatic nitrogens is 1. The molecule has 0 saturated heterocycles. The first kappa shape index (κ1) is 62.8. The van der Waals surface area contributed by atoms with Crippen molar-refractivity contribution in [3.8, 4) is 17.2 Å². The highest BCUT2D eigenvalue weighted by atomic mass is 16.6. The van der Waals surface area contributed by atoms with Gasteiger partial charge in [-0.15, -0.1) is 0 Å². The maximum absolute atomic E-state index is 14.8. The Morgan fingerprint density at radius 2 is 1.37 bits per heavy atom. The Morgan fingerprint density at radius 1 is 0.714 bits per heavy atom. The van der Waals surface area contributed by atoms with Gasteiger partial charge in [0.25, 0.3) is 17.7 Å². The molecule has 19 nitrogen and oxygen atoms in total. The van der Waals surface area contributed by atoms with Gasteiger partial charge in [0.15, 0.2) is 23.5 Å². The van der Waals surface area contributed by atoms with E-state index in [1.165, 1.54) is 30.9 Å². The highest BCUT2D eigenvalue weighted by Crippen LogP contribution is 2.43. The smallest absolute Gasteiger partial charge is 0.416 e. The minimum Gasteiger partial charge on any atom is -0.493 e. The number of hydrogen-bond acceptors (Lipinski definition) is 14. The first-order valence-electron chi connectivity index (χ1n) is 31.0. The van der Waals surface area contributed by atoms with E-state index in [9.17, 15) is 38.7 Å². The van der Waals surface area contributed by atoms with Crippen molar-refractivity contribution in [1.29, 1.82) is 0 Å². The highest BCUT2D eigenvalue weighted by Gasteiger charge is 2.46. The van der Waals surface area contributed by atoms with Gasteiger partial charge in [-0.25, -0.2) is 9.69 Å². The van der Waals surface area contributed by atoms with E-state index in [2.05, 4.69) is 29.0 Å². The van der Waals surface area contributed by atoms with Crippen molar-refractivity contribution < 1.29 is 57.6 Å². The maximum atomic E-state index is 14.8. The van der Waals surface area contributed by atoms with Crippen molar-refractivity contribution in [2.45, 2.75) is 136 Å². The van der Waals surface area contributed by atoms with E-state index < -0.39 is 36.2 Å². The molecule has 1 unspecified atom stereocenters. The SMILES string of the molecule is C=C1C=CC(=O)N1CCCCCC(=O)C[C@H](C(=O)N[C@@H](C)C(=O)Cc1ccc(COC(=O)N2c3cc(OCc4cncc(COc5cc6c(cc5C)C(=O)N5Cc7ccccc7C[C@H]5C=N6)c4)c(OC)cc3C(=O)N3Cc4ccccc4C[C@H]3C2O)cc1)C(C)C. The molecular formula is C72H75N7O12. The van der Waals surface area contributed by atoms with Crippen molar-refractivity contribution in [3.05, 3.63) is 201 Å². The lowest BCUT2D eigenvalue weighted by Gasteiger charge is -2.39. The summed E-state index contributed by atoms with van der Waals surface area (Å²) in [6, 6.07) is 29.4. The number of aliphatic hydroxyl groups excluding tert-OH is 1. The summed E-state index contributed by atoms with van der Waals surface area (Å²) in [6.45, 7) is 12.3. The topological polar surface area (TPSA) is 227 Å². The van der Waals surface area contributed by atoms with Gasteiger partial charge in [-0.3, -0.25) is 38.7 Å². The van der Waals surface area contributed by atoms with Gasteiger partial charge in [-0.05, 0) is 109 Å². The van der Waals surface area contributed by atoms with E-state index in [4.69, 9.17) is 23.9 Å². The molecule has 11 rings (SSSR count). The number of carbonyl (C=O) groups is 7. The number of methoxy groups -OCH3 is 1. The predicted molar refractivity (Wildman–Crippen MR) is 341 cm³/mol. The molecular weight excluding hydrogens is 1150 g/mol. The fourth-order valence-corrected chi connectivity index (χ4v) is 12.5. The van der Waals surface area contributed by atoms with Gasteiger partial charge in [0.2, 0.25) is 5.91 Å². The molecule has 0 spiro atoms. The molecule has 470 valence electrons. The fourth-order valence-electron chi connectivity index (χ4n) is 12.5. The average Bonchev–Trinajstić information content (AvgIpc) is 1.66. The fraction of sp³-hybridized carbons (Fsp3) is 0.347. The van der Waals surface area contributed by atoms with Crippen LogP contribution < -0.4 is 24.4 Å². The van der Waals surface area contributed by atoms with E-state index in [0.717, 1.165) is 45.6 Å². The average molecular weight is 1230 g/mol. The minimum atomic E-state index is -1.56. The van der Waals surface area contributed by atoms with Gasteiger partial charge >= 0.3 is 6.09 Å². The molecule has 5 aliphatic heterocycles. The number of benzene rings is 5. The number of rotatable bonds is 23. The van der Waals surface area contributed by atoms with E-state index in [0.29, 0.717) is 71.7 Å². The molecule has 6 heterocycles. The van der Waals surface area contributed by atoms with Crippen LogP contribution in [0.15, 0.2) is 145 Å². The molecule has 1 aromatic heterocycles. The number of allylic oxidation sites excluding steroid dienone is 1. The number of aryl methyl sites for hydroxylation is 1. The molecule has 0 radical (unpaired) electrons. The molecule has 0 bridgehead atoms. The first-order chi connectivity index (χ1) is 43.9. The molecule has 6 aromatic rings. The maximum Gasteiger partial charge on any atom is 0.416 e. The molecule has 5 aromatic carbocycles. The van der Waals surface area contributed by atoms with Crippen LogP contribution in [-0.4, -0.2) is 110 Å². The van der Waals surface area contributed by atoms with Gasteiger partial charge in [0.05, 0.1) is 47.7 Å². The van der Waals surface area contributed by atoms with Crippen LogP contribution >= 0.6 is 0 Å². The number of ketones is 2. The third-order valence-corrected chi connectivity index (χ3v) is 17.8. The third-order valence-electron chi connectivity index (χ3n) is 17.8. The van der Waals surface area contributed by atoms with Gasteiger partial charge in [-0.2, -0.15) is 0 Å². The normalized spacial score (nSPS) is 17.8. The zero-order chi connectivity index (χ0) is 64.0. The zero-order valence-electron chi connectivity index (χ0n) is 51.9. The van der Waals surface area contributed by atoms with E-state index >= 15 is 0 Å². The summed E-state index contributed by atoms with van der Waals surface area (Å²) in [5, 5.41) is 15.2. The number of anilines is 1. The second kappa shape index (κ2) is 27.6. The van der Waals surface area contributed by atoms with Crippen LogP contribution in [0.3, 0.4) is 0 Å². The summed E-state index contributed by atoms with van der Waals surface area (Å²) in [5.41, 5.74) is 9.47. The van der Waals surface area contributed by atoms with Crippen LogP contribution in [0, 0.1) is 18.8 Å². The number of nitrogens with zero attached hydrogens (tertiary/aromatic N) is 6.